The Morgan fingerprint density at radius 1 is 1.08 bits per heavy atom. The number of rotatable bonds is 3. The van der Waals surface area contributed by atoms with Crippen LogP contribution in [0.5, 0.6) is 0 Å². The summed E-state index contributed by atoms with van der Waals surface area (Å²) in [5.41, 5.74) is -0.359. The van der Waals surface area contributed by atoms with E-state index in [1.54, 1.807) is 24.3 Å². The maximum Gasteiger partial charge on any atom is 0.490 e. The summed E-state index contributed by atoms with van der Waals surface area (Å²) in [5, 5.41) is 23.5. The lowest BCUT2D eigenvalue weighted by Gasteiger charge is -2.37. The molecule has 38 heavy (non-hydrogen) atoms. The van der Waals surface area contributed by atoms with Crippen molar-refractivity contribution in [2.75, 3.05) is 5.32 Å². The van der Waals surface area contributed by atoms with Crippen LogP contribution in [0, 0.1) is 11.2 Å². The molecule has 2 aliphatic heterocycles. The molecule has 1 fully saturated rings. The Kier molecular flexibility index (Phi) is 8.08. The number of hydrogen-bond acceptors (Lipinski definition) is 4. The Morgan fingerprint density at radius 3 is 2.21 bits per heavy atom. The molecule has 0 radical (unpaired) electrons. The number of halogens is 6. The molecule has 4 N–H and O–H groups in total. The topological polar surface area (TPSA) is 116 Å². The molecule has 1 unspecified atom stereocenters. The molecule has 13 heteroatoms. The first-order chi connectivity index (χ1) is 17.4. The lowest BCUT2D eigenvalue weighted by molar-refractivity contribution is -0.192. The van der Waals surface area contributed by atoms with Gasteiger partial charge in [0.15, 0.2) is 0 Å². The molecule has 1 amide bonds. The fourth-order valence-corrected chi connectivity index (χ4v) is 5.49. The Hall–Kier alpha value is -2.89. The molecule has 2 aromatic rings. The summed E-state index contributed by atoms with van der Waals surface area (Å²) < 4.78 is 47.0. The van der Waals surface area contributed by atoms with Crippen molar-refractivity contribution in [2.24, 2.45) is 5.41 Å². The number of hydrogen-bond donors (Lipinski definition) is 4. The second-order valence-corrected chi connectivity index (χ2v) is 11.1. The van der Waals surface area contributed by atoms with Crippen LogP contribution in [0.15, 0.2) is 36.4 Å². The largest absolute Gasteiger partial charge is 0.490 e. The van der Waals surface area contributed by atoms with Crippen LogP contribution < -0.4 is 10.6 Å². The smallest absolute Gasteiger partial charge is 0.480 e. The molecule has 2 heterocycles. The molecule has 2 aromatic carbocycles. The van der Waals surface area contributed by atoms with Gasteiger partial charge in [-0.25, -0.2) is 9.18 Å². The van der Waals surface area contributed by atoms with Crippen molar-refractivity contribution in [1.29, 1.82) is 0 Å². The number of anilines is 1. The number of fused-ring (bicyclic) bond motifs is 2. The molecule has 2 aliphatic rings. The molecular weight excluding hydrogens is 555 g/mol. The number of carboxylic acids is 2. The van der Waals surface area contributed by atoms with Gasteiger partial charge in [-0.1, -0.05) is 62.2 Å². The van der Waals surface area contributed by atoms with Gasteiger partial charge < -0.3 is 15.5 Å². The van der Waals surface area contributed by atoms with Crippen LogP contribution in [-0.2, 0) is 19.8 Å². The van der Waals surface area contributed by atoms with Gasteiger partial charge in [-0.2, -0.15) is 13.2 Å². The standard InChI is InChI=1S/C23H23Cl2FN2O3.C2HF3O2/c1-22(2,3)10-16-23(13-8-7-11(24)9-15(13)27-21(23)31)17(19(28-16)20(29)30)12-5-4-6-14(25)18(12)26;3-2(4,5)1(6)7/h4-9,16-17,19,28H,10H2,1-3H3,(H,27,31)(H,29,30);(H,6,7)/t16-,17+,19+,23?;/m0./s1. The number of carbonyl (C=O) groups excluding carboxylic acids is 1. The summed E-state index contributed by atoms with van der Waals surface area (Å²) in [6.45, 7) is 6.04. The van der Waals surface area contributed by atoms with Crippen LogP contribution in [0.25, 0.3) is 0 Å². The number of aliphatic carboxylic acids is 2. The van der Waals surface area contributed by atoms with E-state index in [1.807, 2.05) is 20.8 Å². The number of carbonyl (C=O) groups is 3. The highest BCUT2D eigenvalue weighted by atomic mass is 35.5. The number of alkyl halides is 3. The average Bonchev–Trinajstić information content (AvgIpc) is 3.24. The van der Waals surface area contributed by atoms with Crippen molar-refractivity contribution in [3.63, 3.8) is 0 Å². The number of nitrogens with one attached hydrogen (secondary N) is 2. The highest BCUT2D eigenvalue weighted by Gasteiger charge is 2.66. The molecule has 4 atom stereocenters. The van der Waals surface area contributed by atoms with Crippen molar-refractivity contribution >= 4 is 46.7 Å². The third kappa shape index (κ3) is 5.45. The predicted molar refractivity (Wildman–Crippen MR) is 132 cm³/mol. The van der Waals surface area contributed by atoms with E-state index in [4.69, 9.17) is 33.1 Å². The van der Waals surface area contributed by atoms with E-state index in [-0.39, 0.29) is 21.9 Å². The average molecular weight is 579 g/mol. The second-order valence-electron chi connectivity index (χ2n) is 10.2. The third-order valence-electron chi connectivity index (χ3n) is 6.45. The monoisotopic (exact) mass is 578 g/mol. The van der Waals surface area contributed by atoms with E-state index < -0.39 is 47.3 Å². The molecule has 0 bridgehead atoms. The molecule has 0 aromatic heterocycles. The van der Waals surface area contributed by atoms with Crippen LogP contribution in [0.2, 0.25) is 10.0 Å². The molecule has 1 spiro atoms. The second kappa shape index (κ2) is 10.3. The zero-order valence-electron chi connectivity index (χ0n) is 20.3. The van der Waals surface area contributed by atoms with Crippen LogP contribution in [0.4, 0.5) is 23.2 Å². The first-order valence-electron chi connectivity index (χ1n) is 11.3. The maximum atomic E-state index is 15.3. The van der Waals surface area contributed by atoms with Crippen LogP contribution >= 0.6 is 23.2 Å². The summed E-state index contributed by atoms with van der Waals surface area (Å²) in [6, 6.07) is 7.76. The molecule has 206 valence electrons. The Bertz CT molecular complexity index is 1280. The number of benzene rings is 2. The van der Waals surface area contributed by atoms with Gasteiger partial charge in [0.05, 0.1) is 5.02 Å². The lowest BCUT2D eigenvalue weighted by atomic mass is 9.62. The van der Waals surface area contributed by atoms with E-state index >= 15 is 4.39 Å². The minimum atomic E-state index is -5.08. The number of carboxylic acid groups (broad SMARTS) is 2. The van der Waals surface area contributed by atoms with E-state index in [0.717, 1.165) is 0 Å². The van der Waals surface area contributed by atoms with Crippen LogP contribution in [0.3, 0.4) is 0 Å². The molecule has 7 nitrogen and oxygen atoms in total. The van der Waals surface area contributed by atoms with Gasteiger partial charge in [0.1, 0.15) is 17.3 Å². The van der Waals surface area contributed by atoms with Crippen LogP contribution in [0.1, 0.15) is 44.2 Å². The third-order valence-corrected chi connectivity index (χ3v) is 6.97. The normalized spacial score (nSPS) is 24.4. The molecule has 1 saturated heterocycles. The van der Waals surface area contributed by atoms with Gasteiger partial charge in [-0.05, 0) is 41.2 Å². The Morgan fingerprint density at radius 2 is 1.68 bits per heavy atom. The molecule has 0 aliphatic carbocycles. The first-order valence-corrected chi connectivity index (χ1v) is 12.0. The van der Waals surface area contributed by atoms with Gasteiger partial charge >= 0.3 is 18.1 Å². The Balaban J connectivity index is 0.000000505. The predicted octanol–water partition coefficient (Wildman–Crippen LogP) is 5.60. The molecule has 4 rings (SSSR count). The fraction of sp³-hybridized carbons (Fsp3) is 0.400. The van der Waals surface area contributed by atoms with Gasteiger partial charge in [-0.3, -0.25) is 14.9 Å². The van der Waals surface area contributed by atoms with E-state index in [1.165, 1.54) is 12.1 Å². The number of amides is 1. The van der Waals surface area contributed by atoms with Gasteiger partial charge in [0.25, 0.3) is 0 Å². The minimum absolute atomic E-state index is 0.0989. The zero-order valence-corrected chi connectivity index (χ0v) is 21.8. The first kappa shape index (κ1) is 29.7. The van der Waals surface area contributed by atoms with Gasteiger partial charge in [0.2, 0.25) is 5.91 Å². The fourth-order valence-electron chi connectivity index (χ4n) is 5.14. The highest BCUT2D eigenvalue weighted by molar-refractivity contribution is 6.31. The van der Waals surface area contributed by atoms with Crippen LogP contribution in [-0.4, -0.2) is 46.3 Å². The quantitative estimate of drug-likeness (QED) is 0.352. The molecule has 0 saturated carbocycles. The molecular formula is C25H24Cl2F4N2O5. The summed E-state index contributed by atoms with van der Waals surface area (Å²) in [5.74, 6) is -6.02. The van der Waals surface area contributed by atoms with Crippen molar-refractivity contribution < 1.29 is 42.2 Å². The summed E-state index contributed by atoms with van der Waals surface area (Å²) >= 11 is 12.2. The SMILES string of the molecule is CC(C)(C)C[C@@H]1N[C@@H](C(=O)O)[C@@H](c2cccc(Cl)c2F)C12C(=O)Nc1cc(Cl)ccc12.O=C(O)C(F)(F)F. The minimum Gasteiger partial charge on any atom is -0.480 e. The van der Waals surface area contributed by atoms with Crippen molar-refractivity contribution in [3.8, 4) is 0 Å². The summed E-state index contributed by atoms with van der Waals surface area (Å²) in [4.78, 5) is 34.9. The van der Waals surface area contributed by atoms with Gasteiger partial charge in [0, 0.05) is 22.7 Å². The van der Waals surface area contributed by atoms with Crippen molar-refractivity contribution in [1.82, 2.24) is 5.32 Å². The zero-order chi connectivity index (χ0) is 28.8. The maximum absolute atomic E-state index is 15.3. The highest BCUT2D eigenvalue weighted by Crippen LogP contribution is 2.57. The van der Waals surface area contributed by atoms with E-state index in [9.17, 15) is 27.9 Å². The lowest BCUT2D eigenvalue weighted by Crippen LogP contribution is -2.49. The summed E-state index contributed by atoms with van der Waals surface area (Å²) in [7, 11) is 0. The van der Waals surface area contributed by atoms with Crippen molar-refractivity contribution in [2.45, 2.75) is 56.8 Å². The summed E-state index contributed by atoms with van der Waals surface area (Å²) in [6.07, 6.45) is -4.59. The van der Waals surface area contributed by atoms with Gasteiger partial charge in [-0.15, -0.1) is 0 Å². The van der Waals surface area contributed by atoms with Crippen molar-refractivity contribution in [3.05, 3.63) is 63.4 Å². The Labute approximate surface area is 225 Å². The van der Waals surface area contributed by atoms with E-state index in [2.05, 4.69) is 10.6 Å². The van der Waals surface area contributed by atoms with E-state index in [0.29, 0.717) is 22.7 Å².